The maximum atomic E-state index is 13.8. The maximum Gasteiger partial charge on any atom is 0.349 e. The summed E-state index contributed by atoms with van der Waals surface area (Å²) in [6.45, 7) is 1.48. The highest BCUT2D eigenvalue weighted by Gasteiger charge is 2.21. The van der Waals surface area contributed by atoms with Gasteiger partial charge < -0.3 is 19.7 Å². The Bertz CT molecular complexity index is 883. The molecule has 28 heavy (non-hydrogen) atoms. The summed E-state index contributed by atoms with van der Waals surface area (Å²) in [6.07, 6.45) is 6.29. The van der Waals surface area contributed by atoms with Crippen LogP contribution in [-0.4, -0.2) is 43.1 Å². The number of benzene rings is 1. The Morgan fingerprint density at radius 3 is 2.46 bits per heavy atom. The first-order valence-electron chi connectivity index (χ1n) is 9.41. The molecular formula is C20H26F2N2O4. The Labute approximate surface area is 162 Å². The van der Waals surface area contributed by atoms with Crippen LogP contribution in [0.25, 0.3) is 11.0 Å². The molecule has 0 atom stereocenters. The molecule has 0 aliphatic heterocycles. The zero-order valence-electron chi connectivity index (χ0n) is 16.2. The van der Waals surface area contributed by atoms with E-state index < -0.39 is 34.5 Å². The third-order valence-corrected chi connectivity index (χ3v) is 4.64. The highest BCUT2D eigenvalue weighted by atomic mass is 19.1. The standard InChI is InChI=1S/C20H26F2N2O4/c1-23-9-7-5-3-4-6-8-10-24(2)19(26)14-11-13-12-15(21)17(25)16(22)18(13)28-20(14)27/h11-12,23,25H,3-10H2,1-2H3. The fraction of sp³-hybridized carbons (Fsp3) is 0.500. The van der Waals surface area contributed by atoms with E-state index in [1.165, 1.54) is 4.90 Å². The van der Waals surface area contributed by atoms with Gasteiger partial charge in [-0.05, 0) is 38.6 Å². The summed E-state index contributed by atoms with van der Waals surface area (Å²) in [7, 11) is 3.50. The number of hydrogen-bond acceptors (Lipinski definition) is 5. The summed E-state index contributed by atoms with van der Waals surface area (Å²) in [6, 6.07) is 1.91. The van der Waals surface area contributed by atoms with E-state index in [0.29, 0.717) is 6.54 Å². The first kappa shape index (κ1) is 21.8. The molecule has 0 aliphatic rings. The molecule has 0 aliphatic carbocycles. The van der Waals surface area contributed by atoms with E-state index in [2.05, 4.69) is 5.32 Å². The molecule has 8 heteroatoms. The molecule has 6 nitrogen and oxygen atoms in total. The molecule has 1 aromatic heterocycles. The molecule has 0 fully saturated rings. The monoisotopic (exact) mass is 396 g/mol. The molecule has 0 bridgehead atoms. The molecule has 0 unspecified atom stereocenters. The van der Waals surface area contributed by atoms with Crippen molar-refractivity contribution in [2.45, 2.75) is 38.5 Å². The number of phenols is 1. The van der Waals surface area contributed by atoms with Crippen molar-refractivity contribution in [3.63, 3.8) is 0 Å². The van der Waals surface area contributed by atoms with Gasteiger partial charge >= 0.3 is 5.63 Å². The van der Waals surface area contributed by atoms with Crippen molar-refractivity contribution in [2.24, 2.45) is 0 Å². The zero-order chi connectivity index (χ0) is 20.7. The third-order valence-electron chi connectivity index (χ3n) is 4.64. The molecule has 0 radical (unpaired) electrons. The van der Waals surface area contributed by atoms with Crippen LogP contribution in [0, 0.1) is 11.6 Å². The quantitative estimate of drug-likeness (QED) is 0.475. The average molecular weight is 396 g/mol. The van der Waals surface area contributed by atoms with Crippen LogP contribution in [0.3, 0.4) is 0 Å². The molecule has 1 aromatic carbocycles. The van der Waals surface area contributed by atoms with E-state index in [1.807, 2.05) is 7.05 Å². The predicted octanol–water partition coefficient (Wildman–Crippen LogP) is 3.41. The number of amides is 1. The number of rotatable bonds is 10. The number of nitrogens with one attached hydrogen (secondary N) is 1. The van der Waals surface area contributed by atoms with Crippen LogP contribution >= 0.6 is 0 Å². The highest BCUT2D eigenvalue weighted by molar-refractivity contribution is 5.96. The Morgan fingerprint density at radius 2 is 1.79 bits per heavy atom. The Morgan fingerprint density at radius 1 is 1.14 bits per heavy atom. The van der Waals surface area contributed by atoms with Crippen molar-refractivity contribution in [1.82, 2.24) is 10.2 Å². The molecule has 1 amide bonds. The topological polar surface area (TPSA) is 82.8 Å². The lowest BCUT2D eigenvalue weighted by Crippen LogP contribution is -2.31. The number of nitrogens with zero attached hydrogens (tertiary/aromatic N) is 1. The van der Waals surface area contributed by atoms with Gasteiger partial charge in [0.15, 0.2) is 17.1 Å². The lowest BCUT2D eigenvalue weighted by molar-refractivity contribution is 0.0788. The molecule has 1 heterocycles. The van der Waals surface area contributed by atoms with Crippen LogP contribution in [0.1, 0.15) is 48.9 Å². The number of unbranched alkanes of at least 4 members (excludes halogenated alkanes) is 5. The van der Waals surface area contributed by atoms with Crippen molar-refractivity contribution in [1.29, 1.82) is 0 Å². The molecule has 154 valence electrons. The highest BCUT2D eigenvalue weighted by Crippen LogP contribution is 2.28. The smallest absolute Gasteiger partial charge is 0.349 e. The summed E-state index contributed by atoms with van der Waals surface area (Å²) < 4.78 is 32.2. The van der Waals surface area contributed by atoms with Gasteiger partial charge in [-0.1, -0.05) is 25.7 Å². The van der Waals surface area contributed by atoms with E-state index in [-0.39, 0.29) is 10.9 Å². The molecule has 0 saturated carbocycles. The number of phenolic OH excluding ortho intramolecular Hbond substituents is 1. The molecular weight excluding hydrogens is 370 g/mol. The fourth-order valence-corrected chi connectivity index (χ4v) is 3.00. The lowest BCUT2D eigenvalue weighted by Gasteiger charge is -2.16. The van der Waals surface area contributed by atoms with Crippen LogP contribution in [-0.2, 0) is 0 Å². The van der Waals surface area contributed by atoms with Gasteiger partial charge in [0.2, 0.25) is 5.82 Å². The summed E-state index contributed by atoms with van der Waals surface area (Å²) in [5.41, 5.74) is -1.91. The molecule has 2 aromatic rings. The SMILES string of the molecule is CNCCCCCCCCN(C)C(=O)c1cc2cc(F)c(O)c(F)c2oc1=O. The Balaban J connectivity index is 1.97. The maximum absolute atomic E-state index is 13.8. The van der Waals surface area contributed by atoms with Crippen LogP contribution in [0.4, 0.5) is 8.78 Å². The number of hydrogen-bond donors (Lipinski definition) is 2. The Kier molecular flexibility index (Phi) is 7.92. The van der Waals surface area contributed by atoms with Gasteiger partial charge in [-0.15, -0.1) is 0 Å². The van der Waals surface area contributed by atoms with Gasteiger partial charge in [0, 0.05) is 19.0 Å². The van der Waals surface area contributed by atoms with Crippen molar-refractivity contribution in [2.75, 3.05) is 27.2 Å². The normalized spacial score (nSPS) is 11.1. The van der Waals surface area contributed by atoms with Gasteiger partial charge in [0.1, 0.15) is 5.56 Å². The van der Waals surface area contributed by atoms with Crippen LogP contribution in [0.5, 0.6) is 5.75 Å². The average Bonchev–Trinajstić information content (AvgIpc) is 2.68. The van der Waals surface area contributed by atoms with Gasteiger partial charge in [0.05, 0.1) is 0 Å². The van der Waals surface area contributed by atoms with Crippen LogP contribution < -0.4 is 10.9 Å². The van der Waals surface area contributed by atoms with Gasteiger partial charge in [0.25, 0.3) is 5.91 Å². The Hall–Kier alpha value is -2.48. The summed E-state index contributed by atoms with van der Waals surface area (Å²) in [5, 5.41) is 12.3. The second-order valence-electron chi connectivity index (χ2n) is 6.84. The molecule has 0 saturated heterocycles. The minimum absolute atomic E-state index is 0.106. The van der Waals surface area contributed by atoms with Crippen molar-refractivity contribution >= 4 is 16.9 Å². The lowest BCUT2D eigenvalue weighted by atomic mass is 10.1. The van der Waals surface area contributed by atoms with Gasteiger partial charge in [-0.3, -0.25) is 4.79 Å². The second-order valence-corrected chi connectivity index (χ2v) is 6.84. The molecule has 2 rings (SSSR count). The molecule has 2 N–H and O–H groups in total. The number of carbonyl (C=O) groups is 1. The van der Waals surface area contributed by atoms with Gasteiger partial charge in [-0.25, -0.2) is 9.18 Å². The predicted molar refractivity (Wildman–Crippen MR) is 103 cm³/mol. The van der Waals surface area contributed by atoms with E-state index in [0.717, 1.165) is 57.2 Å². The zero-order valence-corrected chi connectivity index (χ0v) is 16.2. The first-order chi connectivity index (χ1) is 13.4. The largest absolute Gasteiger partial charge is 0.503 e. The minimum atomic E-state index is -1.37. The third kappa shape index (κ3) is 5.28. The van der Waals surface area contributed by atoms with E-state index in [1.54, 1.807) is 7.05 Å². The van der Waals surface area contributed by atoms with Crippen molar-refractivity contribution in [3.8, 4) is 5.75 Å². The minimum Gasteiger partial charge on any atom is -0.503 e. The first-order valence-corrected chi connectivity index (χ1v) is 9.41. The van der Waals surface area contributed by atoms with E-state index in [9.17, 15) is 23.5 Å². The van der Waals surface area contributed by atoms with Crippen molar-refractivity contribution < 1.29 is 23.1 Å². The fourth-order valence-electron chi connectivity index (χ4n) is 3.00. The summed E-state index contributed by atoms with van der Waals surface area (Å²) in [5.74, 6) is -4.36. The summed E-state index contributed by atoms with van der Waals surface area (Å²) in [4.78, 5) is 26.0. The number of aromatic hydroxyl groups is 1. The van der Waals surface area contributed by atoms with Crippen LogP contribution in [0.2, 0.25) is 0 Å². The van der Waals surface area contributed by atoms with E-state index in [4.69, 9.17) is 4.42 Å². The second kappa shape index (κ2) is 10.2. The van der Waals surface area contributed by atoms with Crippen LogP contribution in [0.15, 0.2) is 21.3 Å². The number of fused-ring (bicyclic) bond motifs is 1. The van der Waals surface area contributed by atoms with E-state index >= 15 is 0 Å². The van der Waals surface area contributed by atoms with Gasteiger partial charge in [-0.2, -0.15) is 4.39 Å². The number of carbonyl (C=O) groups excluding carboxylic acids is 1. The molecule has 0 spiro atoms. The van der Waals surface area contributed by atoms with Crippen molar-refractivity contribution in [3.05, 3.63) is 39.8 Å². The summed E-state index contributed by atoms with van der Waals surface area (Å²) >= 11 is 0. The number of halogens is 2.